The molecule has 0 bridgehead atoms. The maximum atomic E-state index is 13.0. The number of benzene rings is 1. The van der Waals surface area contributed by atoms with E-state index >= 15 is 0 Å². The minimum absolute atomic E-state index is 0.185. The van der Waals surface area contributed by atoms with E-state index in [0.29, 0.717) is 30.2 Å². The van der Waals surface area contributed by atoms with Crippen LogP contribution in [0.5, 0.6) is 5.75 Å². The number of carbonyl (C=O) groups is 2. The zero-order valence-electron chi connectivity index (χ0n) is 15.4. The Morgan fingerprint density at radius 2 is 1.78 bits per heavy atom. The van der Waals surface area contributed by atoms with Gasteiger partial charge >= 0.3 is 0 Å². The number of furan rings is 1. The van der Waals surface area contributed by atoms with Crippen LogP contribution in [0.1, 0.15) is 41.8 Å². The van der Waals surface area contributed by atoms with Crippen molar-refractivity contribution < 1.29 is 18.7 Å². The van der Waals surface area contributed by atoms with Crippen LogP contribution in [0.2, 0.25) is 0 Å². The minimum Gasteiger partial charge on any atom is -0.497 e. The molecule has 0 aliphatic carbocycles. The number of methoxy groups -OCH3 is 1. The van der Waals surface area contributed by atoms with E-state index < -0.39 is 0 Å². The minimum atomic E-state index is -0.348. The molecule has 6 heteroatoms. The summed E-state index contributed by atoms with van der Waals surface area (Å²) in [6.07, 6.45) is 7.32. The number of hydrogen-bond acceptors (Lipinski definition) is 4. The number of amides is 2. The van der Waals surface area contributed by atoms with Crippen LogP contribution < -0.4 is 10.1 Å². The fraction of sp³-hybridized carbons (Fsp3) is 0.333. The largest absolute Gasteiger partial charge is 0.497 e. The third kappa shape index (κ3) is 5.00. The number of hydrogen-bond donors (Lipinski definition) is 1. The topological polar surface area (TPSA) is 71.8 Å². The maximum absolute atomic E-state index is 13.0. The van der Waals surface area contributed by atoms with Crippen LogP contribution in [0.25, 0.3) is 6.08 Å². The van der Waals surface area contributed by atoms with Gasteiger partial charge in [-0.25, -0.2) is 0 Å². The Labute approximate surface area is 158 Å². The summed E-state index contributed by atoms with van der Waals surface area (Å²) in [5, 5.41) is 2.76. The number of carbonyl (C=O) groups excluding carboxylic acids is 2. The Balaban J connectivity index is 1.81. The van der Waals surface area contributed by atoms with Gasteiger partial charge in [0.25, 0.3) is 11.8 Å². The number of ether oxygens (including phenoxy) is 1. The normalized spacial score (nSPS) is 15.1. The molecular formula is C21H24N2O4. The van der Waals surface area contributed by atoms with Gasteiger partial charge in [0.15, 0.2) is 0 Å². The molecule has 0 spiro atoms. The second kappa shape index (κ2) is 9.07. The van der Waals surface area contributed by atoms with Crippen LogP contribution in [-0.4, -0.2) is 36.9 Å². The van der Waals surface area contributed by atoms with Gasteiger partial charge in [-0.1, -0.05) is 12.8 Å². The predicted octanol–water partition coefficient (Wildman–Crippen LogP) is 3.46. The number of likely N-dealkylation sites (tertiary alicyclic amines) is 1. The molecule has 142 valence electrons. The Morgan fingerprint density at radius 3 is 2.37 bits per heavy atom. The van der Waals surface area contributed by atoms with Crippen LogP contribution in [0.4, 0.5) is 0 Å². The molecule has 3 rings (SSSR count). The van der Waals surface area contributed by atoms with Gasteiger partial charge in [-0.3, -0.25) is 9.59 Å². The Kier molecular flexibility index (Phi) is 6.30. The average molecular weight is 368 g/mol. The van der Waals surface area contributed by atoms with Gasteiger partial charge in [0, 0.05) is 24.7 Å². The third-order valence-corrected chi connectivity index (χ3v) is 4.55. The maximum Gasteiger partial charge on any atom is 0.270 e. The van der Waals surface area contributed by atoms with Gasteiger partial charge in [0.05, 0.1) is 13.4 Å². The van der Waals surface area contributed by atoms with Gasteiger partial charge in [0.1, 0.15) is 17.2 Å². The molecule has 1 aliphatic heterocycles. The van der Waals surface area contributed by atoms with Gasteiger partial charge in [0.2, 0.25) is 0 Å². The first-order valence-corrected chi connectivity index (χ1v) is 9.17. The van der Waals surface area contributed by atoms with Crippen molar-refractivity contribution in [2.24, 2.45) is 0 Å². The molecular weight excluding hydrogens is 344 g/mol. The van der Waals surface area contributed by atoms with Crippen LogP contribution in [0, 0.1) is 0 Å². The van der Waals surface area contributed by atoms with E-state index in [-0.39, 0.29) is 17.5 Å². The lowest BCUT2D eigenvalue weighted by Crippen LogP contribution is -2.39. The highest BCUT2D eigenvalue weighted by Gasteiger charge is 2.22. The van der Waals surface area contributed by atoms with Gasteiger partial charge < -0.3 is 19.4 Å². The molecule has 6 nitrogen and oxygen atoms in total. The van der Waals surface area contributed by atoms with Crippen molar-refractivity contribution in [2.75, 3.05) is 20.2 Å². The zero-order valence-corrected chi connectivity index (χ0v) is 15.4. The van der Waals surface area contributed by atoms with Crippen LogP contribution in [-0.2, 0) is 4.79 Å². The monoisotopic (exact) mass is 368 g/mol. The lowest BCUT2D eigenvalue weighted by atomic mass is 10.2. The van der Waals surface area contributed by atoms with Gasteiger partial charge in [-0.15, -0.1) is 0 Å². The molecule has 27 heavy (non-hydrogen) atoms. The molecule has 1 fully saturated rings. The first-order chi connectivity index (χ1) is 13.2. The van der Waals surface area contributed by atoms with E-state index in [1.165, 1.54) is 6.26 Å². The summed E-state index contributed by atoms with van der Waals surface area (Å²) in [5.74, 6) is 0.649. The molecule has 2 heterocycles. The van der Waals surface area contributed by atoms with E-state index in [2.05, 4.69) is 5.32 Å². The zero-order chi connectivity index (χ0) is 19.1. The highest BCUT2D eigenvalue weighted by atomic mass is 16.5. The molecule has 2 aromatic rings. The molecule has 0 saturated carbocycles. The summed E-state index contributed by atoms with van der Waals surface area (Å²) in [4.78, 5) is 27.5. The van der Waals surface area contributed by atoms with E-state index in [0.717, 1.165) is 25.7 Å². The van der Waals surface area contributed by atoms with E-state index in [1.807, 2.05) is 0 Å². The first kappa shape index (κ1) is 18.8. The van der Waals surface area contributed by atoms with E-state index in [9.17, 15) is 9.59 Å². The van der Waals surface area contributed by atoms with Crippen LogP contribution in [0.15, 0.2) is 52.8 Å². The average Bonchev–Trinajstić information content (AvgIpc) is 3.06. The van der Waals surface area contributed by atoms with E-state index in [4.69, 9.17) is 9.15 Å². The van der Waals surface area contributed by atoms with Crippen molar-refractivity contribution in [3.63, 3.8) is 0 Å². The molecule has 1 N–H and O–H groups in total. The van der Waals surface area contributed by atoms with Crippen molar-refractivity contribution in [1.82, 2.24) is 10.2 Å². The summed E-state index contributed by atoms with van der Waals surface area (Å²) in [6.45, 7) is 1.40. The molecule has 1 saturated heterocycles. The highest BCUT2D eigenvalue weighted by molar-refractivity contribution is 6.05. The third-order valence-electron chi connectivity index (χ3n) is 4.55. The smallest absolute Gasteiger partial charge is 0.270 e. The van der Waals surface area contributed by atoms with E-state index in [1.54, 1.807) is 54.5 Å². The number of nitrogens with one attached hydrogen (secondary N) is 1. The lowest BCUT2D eigenvalue weighted by Gasteiger charge is -2.22. The Bertz CT molecular complexity index is 786. The molecule has 1 aromatic carbocycles. The highest BCUT2D eigenvalue weighted by Crippen LogP contribution is 2.16. The Hall–Kier alpha value is -3.02. The Morgan fingerprint density at radius 1 is 1.07 bits per heavy atom. The standard InChI is InChI=1S/C21H24N2O4/c1-26-17-10-8-16(9-11-17)20(24)22-19(15-18-7-6-14-27-18)21(25)23-12-4-2-3-5-13-23/h6-11,14-15H,2-5,12-13H2,1H3,(H,22,24)/b19-15-. The number of nitrogens with zero attached hydrogens (tertiary/aromatic N) is 1. The summed E-state index contributed by atoms with van der Waals surface area (Å²) in [5.41, 5.74) is 0.664. The van der Waals surface area contributed by atoms with Crippen molar-refractivity contribution in [1.29, 1.82) is 0 Å². The predicted molar refractivity (Wildman–Crippen MR) is 102 cm³/mol. The van der Waals surface area contributed by atoms with Crippen molar-refractivity contribution in [3.05, 3.63) is 59.7 Å². The van der Waals surface area contributed by atoms with Crippen LogP contribution in [0.3, 0.4) is 0 Å². The van der Waals surface area contributed by atoms with Crippen LogP contribution >= 0.6 is 0 Å². The summed E-state index contributed by atoms with van der Waals surface area (Å²) in [6, 6.07) is 10.2. The second-order valence-corrected chi connectivity index (χ2v) is 6.46. The molecule has 0 unspecified atom stereocenters. The quantitative estimate of drug-likeness (QED) is 0.821. The summed E-state index contributed by atoms with van der Waals surface area (Å²) >= 11 is 0. The molecule has 0 radical (unpaired) electrons. The first-order valence-electron chi connectivity index (χ1n) is 9.17. The molecule has 1 aliphatic rings. The fourth-order valence-corrected chi connectivity index (χ4v) is 3.05. The number of rotatable bonds is 5. The fourth-order valence-electron chi connectivity index (χ4n) is 3.05. The van der Waals surface area contributed by atoms with Crippen molar-refractivity contribution >= 4 is 17.9 Å². The summed E-state index contributed by atoms with van der Waals surface area (Å²) in [7, 11) is 1.57. The molecule has 2 amide bonds. The summed E-state index contributed by atoms with van der Waals surface area (Å²) < 4.78 is 10.4. The van der Waals surface area contributed by atoms with Gasteiger partial charge in [-0.2, -0.15) is 0 Å². The molecule has 0 atom stereocenters. The SMILES string of the molecule is COc1ccc(C(=O)N/C(=C\c2ccco2)C(=O)N2CCCCCC2)cc1. The van der Waals surface area contributed by atoms with Gasteiger partial charge in [-0.05, 0) is 49.2 Å². The van der Waals surface area contributed by atoms with Crippen molar-refractivity contribution in [2.45, 2.75) is 25.7 Å². The van der Waals surface area contributed by atoms with Crippen molar-refractivity contribution in [3.8, 4) is 5.75 Å². The lowest BCUT2D eigenvalue weighted by molar-refractivity contribution is -0.127. The molecule has 1 aromatic heterocycles. The second-order valence-electron chi connectivity index (χ2n) is 6.46.